The number of hydrogen-bond acceptors (Lipinski definition) is 5. The first-order valence-corrected chi connectivity index (χ1v) is 8.01. The summed E-state index contributed by atoms with van der Waals surface area (Å²) in [5.74, 6) is 0. The molecule has 1 aromatic heterocycles. The zero-order valence-corrected chi connectivity index (χ0v) is 12.1. The molecular formula is C11H12ClN3O2S2. The smallest absolute Gasteiger partial charge is 0.238 e. The second kappa shape index (κ2) is 5.38. The van der Waals surface area contributed by atoms with E-state index in [4.69, 9.17) is 22.5 Å². The van der Waals surface area contributed by atoms with Crippen molar-refractivity contribution in [3.8, 4) is 0 Å². The molecule has 8 heteroatoms. The first-order chi connectivity index (χ1) is 8.86. The van der Waals surface area contributed by atoms with E-state index in [2.05, 4.69) is 5.32 Å². The van der Waals surface area contributed by atoms with Crippen LogP contribution in [0.5, 0.6) is 0 Å². The third-order valence-corrected chi connectivity index (χ3v) is 4.58. The Morgan fingerprint density at radius 1 is 1.26 bits per heavy atom. The van der Waals surface area contributed by atoms with Crippen molar-refractivity contribution in [2.75, 3.05) is 11.1 Å². The number of nitrogens with two attached hydrogens (primary N) is 2. The molecular weight excluding hydrogens is 306 g/mol. The molecule has 2 aromatic rings. The Hall–Kier alpha value is -1.28. The number of sulfonamides is 1. The Balaban J connectivity index is 2.14. The molecule has 2 rings (SSSR count). The van der Waals surface area contributed by atoms with Crippen LogP contribution in [0.1, 0.15) is 4.88 Å². The first kappa shape index (κ1) is 14.1. The van der Waals surface area contributed by atoms with Crippen LogP contribution < -0.4 is 16.2 Å². The van der Waals surface area contributed by atoms with Crippen molar-refractivity contribution in [1.29, 1.82) is 0 Å². The molecule has 0 amide bonds. The average Bonchev–Trinajstić information content (AvgIpc) is 2.72. The van der Waals surface area contributed by atoms with E-state index in [1.165, 1.54) is 23.5 Å². The van der Waals surface area contributed by atoms with Crippen LogP contribution in [0.15, 0.2) is 35.2 Å². The van der Waals surface area contributed by atoms with E-state index in [-0.39, 0.29) is 4.90 Å². The van der Waals surface area contributed by atoms with Gasteiger partial charge < -0.3 is 11.1 Å². The topological polar surface area (TPSA) is 98.2 Å². The molecule has 0 aliphatic carbocycles. The summed E-state index contributed by atoms with van der Waals surface area (Å²) in [5.41, 5.74) is 6.76. The second-order valence-electron chi connectivity index (χ2n) is 3.85. The maximum Gasteiger partial charge on any atom is 0.238 e. The fourth-order valence-electron chi connectivity index (χ4n) is 1.51. The van der Waals surface area contributed by atoms with Crippen molar-refractivity contribution in [1.82, 2.24) is 0 Å². The van der Waals surface area contributed by atoms with Crippen LogP contribution in [-0.2, 0) is 16.6 Å². The maximum absolute atomic E-state index is 11.2. The number of benzene rings is 1. The van der Waals surface area contributed by atoms with Crippen LogP contribution in [0.3, 0.4) is 0 Å². The van der Waals surface area contributed by atoms with E-state index in [0.717, 1.165) is 4.88 Å². The van der Waals surface area contributed by atoms with E-state index in [1.54, 1.807) is 6.07 Å². The molecule has 1 heterocycles. The van der Waals surface area contributed by atoms with E-state index in [1.807, 2.05) is 12.1 Å². The van der Waals surface area contributed by atoms with Crippen molar-refractivity contribution in [3.63, 3.8) is 0 Å². The number of nitrogens with one attached hydrogen (secondary N) is 1. The Morgan fingerprint density at radius 3 is 2.53 bits per heavy atom. The van der Waals surface area contributed by atoms with Crippen molar-refractivity contribution in [2.45, 2.75) is 11.4 Å². The lowest BCUT2D eigenvalue weighted by molar-refractivity contribution is 0.598. The zero-order valence-electron chi connectivity index (χ0n) is 9.76. The number of hydrogen-bond donors (Lipinski definition) is 3. The van der Waals surface area contributed by atoms with Gasteiger partial charge in [-0.3, -0.25) is 0 Å². The summed E-state index contributed by atoms with van der Waals surface area (Å²) in [7, 11) is -3.73. The highest BCUT2D eigenvalue weighted by atomic mass is 35.5. The van der Waals surface area contributed by atoms with E-state index in [0.29, 0.717) is 22.3 Å². The van der Waals surface area contributed by atoms with Gasteiger partial charge in [0.2, 0.25) is 10.0 Å². The van der Waals surface area contributed by atoms with Crippen LogP contribution >= 0.6 is 22.9 Å². The molecule has 5 nitrogen and oxygen atoms in total. The molecule has 19 heavy (non-hydrogen) atoms. The number of thiophene rings is 1. The molecule has 0 saturated carbocycles. The Labute approximate surface area is 120 Å². The van der Waals surface area contributed by atoms with Gasteiger partial charge in [0.25, 0.3) is 0 Å². The van der Waals surface area contributed by atoms with Crippen molar-refractivity contribution in [2.24, 2.45) is 5.14 Å². The van der Waals surface area contributed by atoms with Crippen LogP contribution in [-0.4, -0.2) is 8.42 Å². The summed E-state index contributed by atoms with van der Waals surface area (Å²) >= 11 is 7.30. The molecule has 5 N–H and O–H groups in total. The number of halogens is 1. The average molecular weight is 318 g/mol. The van der Waals surface area contributed by atoms with Crippen molar-refractivity contribution in [3.05, 3.63) is 39.5 Å². The third kappa shape index (κ3) is 3.60. The number of nitrogen functional groups attached to an aromatic ring is 1. The molecule has 0 atom stereocenters. The van der Waals surface area contributed by atoms with Crippen LogP contribution in [0.25, 0.3) is 0 Å². The van der Waals surface area contributed by atoms with Gasteiger partial charge in [-0.25, -0.2) is 13.6 Å². The van der Waals surface area contributed by atoms with Crippen molar-refractivity contribution >= 4 is 44.3 Å². The minimum atomic E-state index is -3.73. The van der Waals surface area contributed by atoms with E-state index in [9.17, 15) is 8.42 Å². The predicted molar refractivity (Wildman–Crippen MR) is 78.9 cm³/mol. The third-order valence-electron chi connectivity index (χ3n) is 2.43. The highest BCUT2D eigenvalue weighted by Gasteiger charge is 2.10. The lowest BCUT2D eigenvalue weighted by Gasteiger charge is -2.09. The predicted octanol–water partition coefficient (Wildman–Crippen LogP) is 2.24. The molecule has 0 spiro atoms. The molecule has 0 aliphatic rings. The standard InChI is InChI=1S/C11H12ClN3O2S2/c12-11-4-1-7(18-11)6-15-10-3-2-8(5-9(10)13)19(14,16)17/h1-5,15H,6,13H2,(H2,14,16,17). The largest absolute Gasteiger partial charge is 0.397 e. The fourth-order valence-corrected chi connectivity index (χ4v) is 3.08. The zero-order chi connectivity index (χ0) is 14.0. The SMILES string of the molecule is Nc1cc(S(N)(=O)=O)ccc1NCc1ccc(Cl)s1. The van der Waals surface area contributed by atoms with Gasteiger partial charge in [-0.05, 0) is 30.3 Å². The van der Waals surface area contributed by atoms with Gasteiger partial charge in [0.15, 0.2) is 0 Å². The molecule has 102 valence electrons. The van der Waals surface area contributed by atoms with Gasteiger partial charge in [-0.1, -0.05) is 11.6 Å². The van der Waals surface area contributed by atoms with Crippen LogP contribution in [0.2, 0.25) is 4.34 Å². The minimum Gasteiger partial charge on any atom is -0.397 e. The molecule has 1 aromatic carbocycles. The lowest BCUT2D eigenvalue weighted by atomic mass is 10.2. The Kier molecular flexibility index (Phi) is 4.00. The summed E-state index contributed by atoms with van der Waals surface area (Å²) in [4.78, 5) is 1.05. The summed E-state index contributed by atoms with van der Waals surface area (Å²) in [6.07, 6.45) is 0. The number of anilines is 2. The summed E-state index contributed by atoms with van der Waals surface area (Å²) in [5, 5.41) is 8.14. The molecule has 0 fully saturated rings. The molecule has 0 saturated heterocycles. The number of rotatable bonds is 4. The van der Waals surface area contributed by atoms with Gasteiger partial charge in [-0.15, -0.1) is 11.3 Å². The van der Waals surface area contributed by atoms with Gasteiger partial charge in [0.1, 0.15) is 0 Å². The van der Waals surface area contributed by atoms with Gasteiger partial charge in [0, 0.05) is 11.4 Å². The van der Waals surface area contributed by atoms with E-state index < -0.39 is 10.0 Å². The highest BCUT2D eigenvalue weighted by molar-refractivity contribution is 7.89. The number of primary sulfonamides is 1. The van der Waals surface area contributed by atoms with Gasteiger partial charge in [0.05, 0.1) is 20.6 Å². The monoisotopic (exact) mass is 317 g/mol. The van der Waals surface area contributed by atoms with Gasteiger partial charge >= 0.3 is 0 Å². The van der Waals surface area contributed by atoms with E-state index >= 15 is 0 Å². The summed E-state index contributed by atoms with van der Waals surface area (Å²) in [6, 6.07) is 8.06. The minimum absolute atomic E-state index is 0.00489. The molecule has 0 bridgehead atoms. The molecule has 0 aliphatic heterocycles. The second-order valence-corrected chi connectivity index (χ2v) is 7.21. The van der Waals surface area contributed by atoms with Crippen molar-refractivity contribution < 1.29 is 8.42 Å². The summed E-state index contributed by atoms with van der Waals surface area (Å²) in [6.45, 7) is 0.566. The molecule has 0 radical (unpaired) electrons. The van der Waals surface area contributed by atoms with Crippen LogP contribution in [0, 0.1) is 0 Å². The first-order valence-electron chi connectivity index (χ1n) is 5.26. The normalized spacial score (nSPS) is 11.5. The highest BCUT2D eigenvalue weighted by Crippen LogP contribution is 2.25. The van der Waals surface area contributed by atoms with Gasteiger partial charge in [-0.2, -0.15) is 0 Å². The molecule has 0 unspecified atom stereocenters. The van der Waals surface area contributed by atoms with Crippen LogP contribution in [0.4, 0.5) is 11.4 Å². The lowest BCUT2D eigenvalue weighted by Crippen LogP contribution is -2.13. The maximum atomic E-state index is 11.2. The quantitative estimate of drug-likeness (QED) is 0.753. The fraction of sp³-hybridized carbons (Fsp3) is 0.0909. The summed E-state index contributed by atoms with van der Waals surface area (Å²) < 4.78 is 23.1. The Bertz CT molecular complexity index is 698. The Morgan fingerprint density at radius 2 is 2.00 bits per heavy atom.